The molecule has 6 heteroatoms. The summed E-state index contributed by atoms with van der Waals surface area (Å²) in [6, 6.07) is 11.8. The normalized spacial score (nSPS) is 12.9. The van der Waals surface area contributed by atoms with Crippen LogP contribution in [-0.2, 0) is 10.0 Å². The van der Waals surface area contributed by atoms with Crippen LogP contribution in [0.25, 0.3) is 0 Å². The van der Waals surface area contributed by atoms with Crippen molar-refractivity contribution in [3.05, 3.63) is 59.9 Å². The first-order valence-electron chi connectivity index (χ1n) is 5.91. The quantitative estimate of drug-likeness (QED) is 0.837. The molecule has 0 aromatic heterocycles. The van der Waals surface area contributed by atoms with E-state index < -0.39 is 15.8 Å². The molecule has 2 aromatic carbocycles. The molecule has 0 fully saturated rings. The van der Waals surface area contributed by atoms with E-state index in [0.717, 1.165) is 17.7 Å². The molecule has 1 N–H and O–H groups in total. The standard InChI is InChI=1S/C14H13BrFNO2S/c1-10(15)13-4-2-3-5-14(13)17-20(18,19)12-8-6-11(16)7-9-12/h2-10,17H,1H3. The average Bonchev–Trinajstić information content (AvgIpc) is 2.39. The van der Waals surface area contributed by atoms with Gasteiger partial charge < -0.3 is 0 Å². The van der Waals surface area contributed by atoms with Crippen LogP contribution in [0.4, 0.5) is 10.1 Å². The minimum atomic E-state index is -3.72. The van der Waals surface area contributed by atoms with Crippen LogP contribution in [0.5, 0.6) is 0 Å². The summed E-state index contributed by atoms with van der Waals surface area (Å²) in [5.74, 6) is -0.474. The lowest BCUT2D eigenvalue weighted by atomic mass is 10.1. The molecule has 1 unspecified atom stereocenters. The van der Waals surface area contributed by atoms with Gasteiger partial charge in [-0.25, -0.2) is 12.8 Å². The SMILES string of the molecule is CC(Br)c1ccccc1NS(=O)(=O)c1ccc(F)cc1. The highest BCUT2D eigenvalue weighted by molar-refractivity contribution is 9.09. The average molecular weight is 358 g/mol. The molecular weight excluding hydrogens is 345 g/mol. The van der Waals surface area contributed by atoms with Crippen LogP contribution in [0.3, 0.4) is 0 Å². The monoisotopic (exact) mass is 357 g/mol. The highest BCUT2D eigenvalue weighted by Gasteiger charge is 2.17. The molecule has 1 atom stereocenters. The van der Waals surface area contributed by atoms with Crippen LogP contribution in [0.15, 0.2) is 53.4 Å². The molecule has 0 spiro atoms. The van der Waals surface area contributed by atoms with E-state index in [2.05, 4.69) is 20.7 Å². The fraction of sp³-hybridized carbons (Fsp3) is 0.143. The van der Waals surface area contributed by atoms with Crippen LogP contribution in [0.1, 0.15) is 17.3 Å². The second-order valence-corrected chi connectivity index (χ2v) is 7.32. The molecule has 0 bridgehead atoms. The van der Waals surface area contributed by atoms with Crippen LogP contribution in [0.2, 0.25) is 0 Å². The van der Waals surface area contributed by atoms with Crippen molar-refractivity contribution in [1.82, 2.24) is 0 Å². The second kappa shape index (κ2) is 5.93. The number of hydrogen-bond donors (Lipinski definition) is 1. The van der Waals surface area contributed by atoms with E-state index in [1.807, 2.05) is 19.1 Å². The Hall–Kier alpha value is -1.40. The molecule has 0 aliphatic carbocycles. The Bertz CT molecular complexity index is 699. The van der Waals surface area contributed by atoms with Crippen LogP contribution in [-0.4, -0.2) is 8.42 Å². The number of anilines is 1. The maximum atomic E-state index is 12.9. The van der Waals surface area contributed by atoms with E-state index in [-0.39, 0.29) is 9.72 Å². The number of rotatable bonds is 4. The lowest BCUT2D eigenvalue weighted by molar-refractivity contribution is 0.599. The topological polar surface area (TPSA) is 46.2 Å². The molecule has 106 valence electrons. The zero-order valence-electron chi connectivity index (χ0n) is 10.7. The van der Waals surface area contributed by atoms with Gasteiger partial charge in [-0.2, -0.15) is 0 Å². The molecule has 2 rings (SSSR count). The van der Waals surface area contributed by atoms with Gasteiger partial charge in [-0.1, -0.05) is 34.1 Å². The number of halogens is 2. The van der Waals surface area contributed by atoms with Crippen molar-refractivity contribution < 1.29 is 12.8 Å². The Balaban J connectivity index is 2.36. The number of para-hydroxylation sites is 1. The van der Waals surface area contributed by atoms with Crippen molar-refractivity contribution in [2.45, 2.75) is 16.6 Å². The molecule has 3 nitrogen and oxygen atoms in total. The minimum absolute atomic E-state index is 0.00891. The first-order chi connectivity index (χ1) is 9.40. The lowest BCUT2D eigenvalue weighted by Gasteiger charge is -2.14. The van der Waals surface area contributed by atoms with E-state index in [1.54, 1.807) is 12.1 Å². The predicted octanol–water partition coefficient (Wildman–Crippen LogP) is 4.08. The van der Waals surface area contributed by atoms with Gasteiger partial charge in [0, 0.05) is 4.83 Å². The molecule has 0 radical (unpaired) electrons. The van der Waals surface area contributed by atoms with Gasteiger partial charge in [-0.3, -0.25) is 4.72 Å². The van der Waals surface area contributed by atoms with Crippen LogP contribution in [0, 0.1) is 5.82 Å². The number of alkyl halides is 1. The molecule has 2 aromatic rings. The van der Waals surface area contributed by atoms with Gasteiger partial charge in [0.25, 0.3) is 10.0 Å². The van der Waals surface area contributed by atoms with Crippen LogP contribution >= 0.6 is 15.9 Å². The molecular formula is C14H13BrFNO2S. The molecule has 0 saturated carbocycles. The van der Waals surface area contributed by atoms with Gasteiger partial charge in [0.2, 0.25) is 0 Å². The molecule has 0 saturated heterocycles. The fourth-order valence-electron chi connectivity index (χ4n) is 1.75. The molecule has 20 heavy (non-hydrogen) atoms. The number of nitrogens with one attached hydrogen (secondary N) is 1. The predicted molar refractivity (Wildman–Crippen MR) is 81.0 cm³/mol. The number of sulfonamides is 1. The van der Waals surface area contributed by atoms with E-state index >= 15 is 0 Å². The summed E-state index contributed by atoms with van der Waals surface area (Å²) in [6.07, 6.45) is 0. The maximum absolute atomic E-state index is 12.9. The number of benzene rings is 2. The molecule has 0 heterocycles. The summed E-state index contributed by atoms with van der Waals surface area (Å²) in [5.41, 5.74) is 1.33. The zero-order valence-corrected chi connectivity index (χ0v) is 13.1. The Morgan fingerprint density at radius 2 is 1.70 bits per heavy atom. The summed E-state index contributed by atoms with van der Waals surface area (Å²) in [4.78, 5) is 0.0329. The third kappa shape index (κ3) is 3.37. The lowest BCUT2D eigenvalue weighted by Crippen LogP contribution is -2.14. The highest BCUT2D eigenvalue weighted by atomic mass is 79.9. The van der Waals surface area contributed by atoms with E-state index in [1.165, 1.54) is 12.1 Å². The summed E-state index contributed by atoms with van der Waals surface area (Å²) in [6.45, 7) is 1.91. The van der Waals surface area contributed by atoms with Crippen molar-refractivity contribution in [1.29, 1.82) is 0 Å². The van der Waals surface area contributed by atoms with Crippen molar-refractivity contribution >= 4 is 31.6 Å². The van der Waals surface area contributed by atoms with E-state index in [4.69, 9.17) is 0 Å². The zero-order chi connectivity index (χ0) is 14.8. The van der Waals surface area contributed by atoms with Crippen molar-refractivity contribution in [2.75, 3.05) is 4.72 Å². The summed E-state index contributed by atoms with van der Waals surface area (Å²) in [5, 5.41) is 0. The van der Waals surface area contributed by atoms with E-state index in [9.17, 15) is 12.8 Å². The third-order valence-corrected chi connectivity index (χ3v) is 4.63. The van der Waals surface area contributed by atoms with Crippen molar-refractivity contribution in [3.8, 4) is 0 Å². The smallest absolute Gasteiger partial charge is 0.261 e. The van der Waals surface area contributed by atoms with Gasteiger partial charge in [0.15, 0.2) is 0 Å². The van der Waals surface area contributed by atoms with Crippen LogP contribution < -0.4 is 4.72 Å². The Labute approximate surface area is 126 Å². The summed E-state index contributed by atoms with van der Waals surface area (Å²) < 4.78 is 39.9. The Kier molecular flexibility index (Phi) is 4.45. The van der Waals surface area contributed by atoms with Gasteiger partial charge in [0.1, 0.15) is 5.82 Å². The van der Waals surface area contributed by atoms with Crippen molar-refractivity contribution in [3.63, 3.8) is 0 Å². The number of hydrogen-bond acceptors (Lipinski definition) is 2. The minimum Gasteiger partial charge on any atom is -0.279 e. The van der Waals surface area contributed by atoms with Gasteiger partial charge >= 0.3 is 0 Å². The first-order valence-corrected chi connectivity index (χ1v) is 8.31. The molecule has 0 amide bonds. The fourth-order valence-corrected chi connectivity index (χ4v) is 3.24. The highest BCUT2D eigenvalue weighted by Crippen LogP contribution is 2.30. The Morgan fingerprint density at radius 3 is 2.30 bits per heavy atom. The van der Waals surface area contributed by atoms with Gasteiger partial charge in [-0.05, 0) is 42.8 Å². The third-order valence-electron chi connectivity index (χ3n) is 2.76. The first kappa shape index (κ1) is 15.0. The maximum Gasteiger partial charge on any atom is 0.261 e. The summed E-state index contributed by atoms with van der Waals surface area (Å²) in [7, 11) is -3.72. The second-order valence-electron chi connectivity index (χ2n) is 4.26. The van der Waals surface area contributed by atoms with Crippen molar-refractivity contribution in [2.24, 2.45) is 0 Å². The molecule has 0 aliphatic heterocycles. The Morgan fingerprint density at radius 1 is 1.10 bits per heavy atom. The van der Waals surface area contributed by atoms with Gasteiger partial charge in [-0.15, -0.1) is 0 Å². The van der Waals surface area contributed by atoms with Gasteiger partial charge in [0.05, 0.1) is 10.6 Å². The molecule has 0 aliphatic rings. The summed E-state index contributed by atoms with van der Waals surface area (Å²) >= 11 is 3.42. The van der Waals surface area contributed by atoms with E-state index in [0.29, 0.717) is 5.69 Å². The largest absolute Gasteiger partial charge is 0.279 e.